The Hall–Kier alpha value is -3.11. The zero-order chi connectivity index (χ0) is 24.3. The molecule has 3 aromatic rings. The van der Waals surface area contributed by atoms with Crippen molar-refractivity contribution in [3.8, 4) is 5.75 Å². The van der Waals surface area contributed by atoms with E-state index in [1.807, 2.05) is 80.6 Å². The van der Waals surface area contributed by atoms with E-state index in [9.17, 15) is 4.79 Å². The molecule has 0 spiro atoms. The number of carbonyl (C=O) groups excluding carboxylic acids is 1. The number of hydrogen-bond acceptors (Lipinski definition) is 4. The van der Waals surface area contributed by atoms with Gasteiger partial charge in [-0.15, -0.1) is 0 Å². The maximum atomic E-state index is 12.8. The molecule has 34 heavy (non-hydrogen) atoms. The number of pyridine rings is 1. The van der Waals surface area contributed by atoms with Crippen LogP contribution in [0.2, 0.25) is 5.02 Å². The largest absolute Gasteiger partial charge is 0.457 e. The van der Waals surface area contributed by atoms with Crippen molar-refractivity contribution in [3.05, 3.63) is 101 Å². The van der Waals surface area contributed by atoms with E-state index in [-0.39, 0.29) is 11.9 Å². The first-order valence-corrected chi connectivity index (χ1v) is 12.2. The van der Waals surface area contributed by atoms with Crippen LogP contribution in [0.15, 0.2) is 78.8 Å². The fourth-order valence-electron chi connectivity index (χ4n) is 3.57. The molecule has 5 heteroatoms. The Labute approximate surface area is 207 Å². The van der Waals surface area contributed by atoms with Gasteiger partial charge in [-0.1, -0.05) is 81.3 Å². The number of rotatable bonds is 11. The van der Waals surface area contributed by atoms with Gasteiger partial charge in [-0.3, -0.25) is 9.78 Å². The number of nitrogens with zero attached hydrogens (tertiary/aromatic N) is 1. The van der Waals surface area contributed by atoms with Gasteiger partial charge in [0.15, 0.2) is 11.9 Å². The fraction of sp³-hybridized carbons (Fsp3) is 0.310. The highest BCUT2D eigenvalue weighted by Crippen LogP contribution is 2.35. The smallest absolute Gasteiger partial charge is 0.307 e. The third kappa shape index (κ3) is 7.46. The van der Waals surface area contributed by atoms with E-state index in [2.05, 4.69) is 11.9 Å². The molecule has 1 heterocycles. The maximum Gasteiger partial charge on any atom is 0.307 e. The number of esters is 1. The topological polar surface area (TPSA) is 48.4 Å². The molecule has 0 aliphatic rings. The molecule has 1 aromatic heterocycles. The van der Waals surface area contributed by atoms with Crippen LogP contribution in [0.25, 0.3) is 6.08 Å². The van der Waals surface area contributed by atoms with E-state index >= 15 is 0 Å². The molecule has 0 bridgehead atoms. The first-order valence-electron chi connectivity index (χ1n) is 11.8. The van der Waals surface area contributed by atoms with Crippen LogP contribution in [-0.4, -0.2) is 11.0 Å². The van der Waals surface area contributed by atoms with Gasteiger partial charge in [-0.05, 0) is 48.6 Å². The van der Waals surface area contributed by atoms with Crippen molar-refractivity contribution in [2.45, 2.75) is 52.6 Å². The molecule has 0 N–H and O–H groups in total. The van der Waals surface area contributed by atoms with Crippen molar-refractivity contribution in [2.24, 2.45) is 5.92 Å². The lowest BCUT2D eigenvalue weighted by molar-refractivity contribution is -0.149. The van der Waals surface area contributed by atoms with Crippen LogP contribution in [0.3, 0.4) is 0 Å². The van der Waals surface area contributed by atoms with Gasteiger partial charge in [0.2, 0.25) is 0 Å². The molecule has 2 aromatic carbocycles. The van der Waals surface area contributed by atoms with Gasteiger partial charge in [0, 0.05) is 35.0 Å². The van der Waals surface area contributed by atoms with Crippen molar-refractivity contribution in [3.63, 3.8) is 0 Å². The molecule has 1 atom stereocenters. The number of carbonyl (C=O) groups is 1. The number of aromatic nitrogens is 1. The molecule has 0 saturated heterocycles. The van der Waals surface area contributed by atoms with E-state index in [1.165, 1.54) is 0 Å². The second-order valence-corrected chi connectivity index (χ2v) is 9.04. The second kappa shape index (κ2) is 13.0. The summed E-state index contributed by atoms with van der Waals surface area (Å²) in [7, 11) is 0. The molecule has 0 aliphatic heterocycles. The minimum Gasteiger partial charge on any atom is -0.457 e. The van der Waals surface area contributed by atoms with E-state index in [0.717, 1.165) is 36.0 Å². The molecule has 0 fully saturated rings. The molecule has 0 amide bonds. The standard InChI is InChI=1S/C29H32ClNO3/c1-4-5-14-24-25(30)15-9-16-26(24)33-27(19-22-11-10-17-31-20-22)29(23-12-7-6-8-13-23)34-28(32)18-21(2)3/h6-13,15-17,19-21,29H,4-5,14,18H2,1-3H3/b27-19+. The average molecular weight is 478 g/mol. The first-order chi connectivity index (χ1) is 16.5. The Morgan fingerprint density at radius 2 is 1.85 bits per heavy atom. The molecular weight excluding hydrogens is 446 g/mol. The molecule has 1 unspecified atom stereocenters. The van der Waals surface area contributed by atoms with Crippen LogP contribution in [0.5, 0.6) is 5.75 Å². The summed E-state index contributed by atoms with van der Waals surface area (Å²) in [5.41, 5.74) is 2.62. The molecule has 4 nitrogen and oxygen atoms in total. The summed E-state index contributed by atoms with van der Waals surface area (Å²) in [5.74, 6) is 1.07. The summed E-state index contributed by atoms with van der Waals surface area (Å²) < 4.78 is 12.5. The van der Waals surface area contributed by atoms with E-state index in [1.54, 1.807) is 12.4 Å². The molecule has 0 aliphatic carbocycles. The average Bonchev–Trinajstić information content (AvgIpc) is 2.82. The second-order valence-electron chi connectivity index (χ2n) is 8.63. The van der Waals surface area contributed by atoms with E-state index in [4.69, 9.17) is 21.1 Å². The summed E-state index contributed by atoms with van der Waals surface area (Å²) in [6.45, 7) is 6.13. The number of hydrogen-bond donors (Lipinski definition) is 0. The van der Waals surface area contributed by atoms with Crippen molar-refractivity contribution < 1.29 is 14.3 Å². The summed E-state index contributed by atoms with van der Waals surface area (Å²) in [4.78, 5) is 17.0. The minimum absolute atomic E-state index is 0.184. The normalized spacial score (nSPS) is 12.4. The number of benzene rings is 2. The molecule has 3 rings (SSSR count). The van der Waals surface area contributed by atoms with Crippen molar-refractivity contribution in [1.29, 1.82) is 0 Å². The van der Waals surface area contributed by atoms with E-state index in [0.29, 0.717) is 23.0 Å². The van der Waals surface area contributed by atoms with Gasteiger partial charge in [-0.25, -0.2) is 0 Å². The molecular formula is C29H32ClNO3. The van der Waals surface area contributed by atoms with Gasteiger partial charge in [-0.2, -0.15) is 0 Å². The highest BCUT2D eigenvalue weighted by molar-refractivity contribution is 6.31. The maximum absolute atomic E-state index is 12.8. The number of halogens is 1. The lowest BCUT2D eigenvalue weighted by Crippen LogP contribution is -2.18. The summed E-state index contributed by atoms with van der Waals surface area (Å²) in [6, 6.07) is 19.1. The lowest BCUT2D eigenvalue weighted by Gasteiger charge is -2.24. The Kier molecular flexibility index (Phi) is 9.72. The van der Waals surface area contributed by atoms with Gasteiger partial charge in [0.05, 0.1) is 0 Å². The van der Waals surface area contributed by atoms with Crippen LogP contribution >= 0.6 is 11.6 Å². The zero-order valence-electron chi connectivity index (χ0n) is 20.0. The fourth-order valence-corrected chi connectivity index (χ4v) is 3.83. The van der Waals surface area contributed by atoms with Gasteiger partial charge >= 0.3 is 5.97 Å². The SMILES string of the molecule is CCCCc1c(Cl)cccc1O/C(=C/c1cccnc1)C(OC(=O)CC(C)C)c1ccccc1. The highest BCUT2D eigenvalue weighted by Gasteiger charge is 2.25. The molecule has 0 radical (unpaired) electrons. The summed E-state index contributed by atoms with van der Waals surface area (Å²) in [5, 5.41) is 0.666. The Bertz CT molecular complexity index is 1080. The number of unbranched alkanes of at least 4 members (excludes halogenated alkanes) is 1. The van der Waals surface area contributed by atoms with Crippen molar-refractivity contribution in [1.82, 2.24) is 4.98 Å². The predicted molar refractivity (Wildman–Crippen MR) is 138 cm³/mol. The van der Waals surface area contributed by atoms with Crippen LogP contribution < -0.4 is 4.74 Å². The van der Waals surface area contributed by atoms with Gasteiger partial charge in [0.25, 0.3) is 0 Å². The van der Waals surface area contributed by atoms with Crippen LogP contribution in [0.4, 0.5) is 0 Å². The summed E-state index contributed by atoms with van der Waals surface area (Å²) in [6.07, 6.45) is 7.78. The first kappa shape index (κ1) is 25.5. The quantitative estimate of drug-likeness (QED) is 0.208. The van der Waals surface area contributed by atoms with Crippen LogP contribution in [0.1, 0.15) is 62.8 Å². The van der Waals surface area contributed by atoms with Gasteiger partial charge in [0.1, 0.15) is 5.75 Å². The van der Waals surface area contributed by atoms with Crippen molar-refractivity contribution >= 4 is 23.6 Å². The monoisotopic (exact) mass is 477 g/mol. The number of ether oxygens (including phenoxy) is 2. The Morgan fingerprint density at radius 1 is 1.06 bits per heavy atom. The lowest BCUT2D eigenvalue weighted by atomic mass is 10.0. The Morgan fingerprint density at radius 3 is 2.53 bits per heavy atom. The predicted octanol–water partition coefficient (Wildman–Crippen LogP) is 7.83. The third-order valence-corrected chi connectivity index (χ3v) is 5.62. The Balaban J connectivity index is 2.08. The zero-order valence-corrected chi connectivity index (χ0v) is 20.8. The minimum atomic E-state index is -0.717. The van der Waals surface area contributed by atoms with Crippen LogP contribution in [-0.2, 0) is 16.0 Å². The molecule has 0 saturated carbocycles. The van der Waals surface area contributed by atoms with E-state index < -0.39 is 6.10 Å². The van der Waals surface area contributed by atoms with Crippen LogP contribution in [0, 0.1) is 5.92 Å². The molecule has 178 valence electrons. The highest BCUT2D eigenvalue weighted by atomic mass is 35.5. The summed E-state index contributed by atoms with van der Waals surface area (Å²) >= 11 is 6.55. The third-order valence-electron chi connectivity index (χ3n) is 5.26. The van der Waals surface area contributed by atoms with Crippen molar-refractivity contribution in [2.75, 3.05) is 0 Å². The van der Waals surface area contributed by atoms with Gasteiger partial charge < -0.3 is 9.47 Å².